The summed E-state index contributed by atoms with van der Waals surface area (Å²) < 4.78 is 38.2. The fraction of sp³-hybridized carbons (Fsp3) is 0.222. The number of allylic oxidation sites excluding steroid dienone is 1. The molecule has 4 heterocycles. The number of anilines is 1. The SMILES string of the molecule is Nc1nc(/C(=N\O)C(=O)NC2C(=O)N3C(C(=O)O)=C(/C=C/c4cnc(C(F)(F)F)s4)CS[C@H]23)cs1. The number of aliphatic carboxylic acids is 1. The Labute approximate surface area is 205 Å². The molecule has 0 saturated carbocycles. The van der Waals surface area contributed by atoms with Crippen LogP contribution in [0.15, 0.2) is 34.1 Å². The largest absolute Gasteiger partial charge is 0.477 e. The number of nitrogen functional groups attached to an aromatic ring is 1. The third-order valence-electron chi connectivity index (χ3n) is 4.78. The molecule has 184 valence electrons. The number of carboxylic acid groups (broad SMARTS) is 1. The zero-order valence-corrected chi connectivity index (χ0v) is 19.5. The Morgan fingerprint density at radius 2 is 2.09 bits per heavy atom. The number of carboxylic acids is 1. The van der Waals surface area contributed by atoms with E-state index in [2.05, 4.69) is 20.4 Å². The molecule has 0 spiro atoms. The van der Waals surface area contributed by atoms with Crippen molar-refractivity contribution in [2.45, 2.75) is 17.6 Å². The number of oxime groups is 1. The quantitative estimate of drug-likeness (QED) is 0.183. The number of β-lactam (4-membered cyclic amide) rings is 1. The van der Waals surface area contributed by atoms with Crippen LogP contribution >= 0.6 is 34.4 Å². The third-order valence-corrected chi connectivity index (χ3v) is 7.76. The van der Waals surface area contributed by atoms with Gasteiger partial charge in [0.25, 0.3) is 11.8 Å². The van der Waals surface area contributed by atoms with Gasteiger partial charge in [-0.05, 0) is 11.6 Å². The van der Waals surface area contributed by atoms with Gasteiger partial charge in [0.05, 0.1) is 0 Å². The second-order valence-electron chi connectivity index (χ2n) is 6.96. The van der Waals surface area contributed by atoms with E-state index in [4.69, 9.17) is 5.73 Å². The van der Waals surface area contributed by atoms with E-state index in [0.29, 0.717) is 11.3 Å². The monoisotopic (exact) mass is 546 g/mol. The predicted molar refractivity (Wildman–Crippen MR) is 121 cm³/mol. The van der Waals surface area contributed by atoms with Gasteiger partial charge in [0.15, 0.2) is 15.9 Å². The van der Waals surface area contributed by atoms with Crippen molar-refractivity contribution >= 4 is 69.1 Å². The molecule has 2 aliphatic heterocycles. The Morgan fingerprint density at radius 3 is 2.66 bits per heavy atom. The topological polar surface area (TPSA) is 171 Å². The van der Waals surface area contributed by atoms with E-state index in [9.17, 15) is 37.9 Å². The average Bonchev–Trinajstić information content (AvgIpc) is 3.45. The van der Waals surface area contributed by atoms with E-state index in [1.165, 1.54) is 17.5 Å². The normalized spacial score (nSPS) is 20.7. The van der Waals surface area contributed by atoms with Crippen LogP contribution in [0.2, 0.25) is 0 Å². The Bertz CT molecular complexity index is 1300. The van der Waals surface area contributed by atoms with Crippen LogP contribution in [0, 0.1) is 0 Å². The lowest BCUT2D eigenvalue weighted by molar-refractivity contribution is -0.150. The molecule has 2 aromatic rings. The second kappa shape index (κ2) is 9.31. The molecule has 4 rings (SSSR count). The highest BCUT2D eigenvalue weighted by Gasteiger charge is 2.54. The third kappa shape index (κ3) is 4.73. The molecular weight excluding hydrogens is 533 g/mol. The molecule has 0 bridgehead atoms. The van der Waals surface area contributed by atoms with Gasteiger partial charge >= 0.3 is 12.1 Å². The zero-order chi connectivity index (χ0) is 25.5. The number of nitrogens with two attached hydrogens (primary N) is 1. The Balaban J connectivity index is 1.51. The van der Waals surface area contributed by atoms with Crippen LogP contribution in [0.3, 0.4) is 0 Å². The van der Waals surface area contributed by atoms with Crippen molar-refractivity contribution in [1.82, 2.24) is 20.2 Å². The maximum absolute atomic E-state index is 12.7. The van der Waals surface area contributed by atoms with Crippen LogP contribution in [0.4, 0.5) is 18.3 Å². The fourth-order valence-electron chi connectivity index (χ4n) is 3.27. The van der Waals surface area contributed by atoms with Gasteiger partial charge in [-0.3, -0.25) is 14.5 Å². The standard InChI is InChI=1S/C18H13F3N6O5S3/c19-18(20,21)16-23-3-7(35-16)2-1-6-4-33-14-10(13(29)27(14)11(6)15(30)31)25-12(28)9(26-32)8-5-34-17(22)24-8/h1-3,5,10,14,32H,4H2,(H2,22,24)(H,25,28)(H,30,31)/b2-1+,26-9+/t10?,14-/m1/s1. The number of carbonyl (C=O) groups is 3. The number of hydrogen-bond donors (Lipinski definition) is 4. The van der Waals surface area contributed by atoms with E-state index in [-0.39, 0.29) is 32.7 Å². The molecule has 0 radical (unpaired) electrons. The van der Waals surface area contributed by atoms with E-state index in [1.807, 2.05) is 0 Å². The number of nitrogens with zero attached hydrogens (tertiary/aromatic N) is 4. The van der Waals surface area contributed by atoms with Gasteiger partial charge < -0.3 is 21.4 Å². The summed E-state index contributed by atoms with van der Waals surface area (Å²) in [6.45, 7) is 0. The number of rotatable bonds is 6. The molecule has 0 aromatic carbocycles. The van der Waals surface area contributed by atoms with Gasteiger partial charge in [-0.15, -0.1) is 34.4 Å². The molecule has 5 N–H and O–H groups in total. The lowest BCUT2D eigenvalue weighted by Crippen LogP contribution is -2.71. The van der Waals surface area contributed by atoms with Crippen molar-refractivity contribution in [3.8, 4) is 0 Å². The molecule has 2 atom stereocenters. The summed E-state index contributed by atoms with van der Waals surface area (Å²) in [7, 11) is 0. The first-order valence-corrected chi connectivity index (χ1v) is 12.1. The Morgan fingerprint density at radius 1 is 1.34 bits per heavy atom. The van der Waals surface area contributed by atoms with Gasteiger partial charge in [0, 0.05) is 22.2 Å². The molecule has 1 unspecified atom stereocenters. The predicted octanol–water partition coefficient (Wildman–Crippen LogP) is 1.83. The highest BCUT2D eigenvalue weighted by molar-refractivity contribution is 8.00. The summed E-state index contributed by atoms with van der Waals surface area (Å²) in [4.78, 5) is 45.5. The maximum Gasteiger partial charge on any atom is 0.443 e. The van der Waals surface area contributed by atoms with Crippen LogP contribution in [-0.4, -0.2) is 65.8 Å². The van der Waals surface area contributed by atoms with Crippen molar-refractivity contribution in [3.63, 3.8) is 0 Å². The molecule has 1 fully saturated rings. The molecule has 2 amide bonds. The van der Waals surface area contributed by atoms with Crippen LogP contribution in [0.5, 0.6) is 0 Å². The lowest BCUT2D eigenvalue weighted by Gasteiger charge is -2.49. The summed E-state index contributed by atoms with van der Waals surface area (Å²) in [5.41, 5.74) is 4.91. The van der Waals surface area contributed by atoms with Crippen LogP contribution in [0.1, 0.15) is 15.6 Å². The maximum atomic E-state index is 12.7. The van der Waals surface area contributed by atoms with Crippen molar-refractivity contribution in [2.24, 2.45) is 5.16 Å². The lowest BCUT2D eigenvalue weighted by atomic mass is 10.0. The molecular formula is C18H13F3N6O5S3. The number of thiazole rings is 2. The fourth-order valence-corrected chi connectivity index (χ4v) is 5.82. The summed E-state index contributed by atoms with van der Waals surface area (Å²) in [6.07, 6.45) is -0.964. The number of fused-ring (bicyclic) bond motifs is 1. The summed E-state index contributed by atoms with van der Waals surface area (Å²) in [5.74, 6) is -2.93. The number of aromatic nitrogens is 2. The summed E-state index contributed by atoms with van der Waals surface area (Å²) in [6, 6.07) is -1.10. The smallest absolute Gasteiger partial charge is 0.443 e. The molecule has 2 aromatic heterocycles. The number of alkyl halides is 3. The van der Waals surface area contributed by atoms with Gasteiger partial charge in [0.2, 0.25) is 0 Å². The minimum absolute atomic E-state index is 0.00252. The van der Waals surface area contributed by atoms with E-state index < -0.39 is 46.1 Å². The Kier molecular flexibility index (Phi) is 6.56. The molecule has 11 nitrogen and oxygen atoms in total. The molecule has 17 heteroatoms. The number of carbonyl (C=O) groups excluding carboxylic acids is 2. The summed E-state index contributed by atoms with van der Waals surface area (Å²) in [5, 5.41) is 23.9. The minimum atomic E-state index is -4.59. The first-order valence-electron chi connectivity index (χ1n) is 9.37. The van der Waals surface area contributed by atoms with Crippen LogP contribution in [-0.2, 0) is 20.6 Å². The summed E-state index contributed by atoms with van der Waals surface area (Å²) >= 11 is 2.55. The van der Waals surface area contributed by atoms with Crippen LogP contribution < -0.4 is 11.1 Å². The number of halogens is 3. The molecule has 2 aliphatic rings. The first kappa shape index (κ1) is 24.7. The highest BCUT2D eigenvalue weighted by atomic mass is 32.2. The molecule has 1 saturated heterocycles. The van der Waals surface area contributed by atoms with E-state index in [1.54, 1.807) is 0 Å². The van der Waals surface area contributed by atoms with Gasteiger partial charge in [-0.1, -0.05) is 11.2 Å². The number of nitrogens with one attached hydrogen (secondary N) is 1. The van der Waals surface area contributed by atoms with E-state index >= 15 is 0 Å². The number of hydrogen-bond acceptors (Lipinski definition) is 11. The van der Waals surface area contributed by atoms with Crippen LogP contribution in [0.25, 0.3) is 6.08 Å². The zero-order valence-electron chi connectivity index (χ0n) is 17.0. The Hall–Kier alpha value is -3.44. The van der Waals surface area contributed by atoms with Crippen molar-refractivity contribution in [3.05, 3.63) is 44.5 Å². The van der Waals surface area contributed by atoms with Crippen molar-refractivity contribution in [1.29, 1.82) is 0 Å². The number of thioether (sulfide) groups is 1. The van der Waals surface area contributed by atoms with Gasteiger partial charge in [0.1, 0.15) is 22.8 Å². The van der Waals surface area contributed by atoms with Gasteiger partial charge in [-0.25, -0.2) is 14.8 Å². The highest BCUT2D eigenvalue weighted by Crippen LogP contribution is 2.41. The molecule has 0 aliphatic carbocycles. The van der Waals surface area contributed by atoms with Crippen molar-refractivity contribution < 1.29 is 37.9 Å². The van der Waals surface area contributed by atoms with E-state index in [0.717, 1.165) is 34.2 Å². The first-order chi connectivity index (χ1) is 16.5. The van der Waals surface area contributed by atoms with Crippen molar-refractivity contribution in [2.75, 3.05) is 11.5 Å². The number of amides is 2. The average molecular weight is 547 g/mol. The molecule has 35 heavy (non-hydrogen) atoms. The second-order valence-corrected chi connectivity index (χ2v) is 10.0. The minimum Gasteiger partial charge on any atom is -0.477 e. The van der Waals surface area contributed by atoms with Gasteiger partial charge in [-0.2, -0.15) is 13.2 Å².